The van der Waals surface area contributed by atoms with Gasteiger partial charge in [0.2, 0.25) is 0 Å². The molecule has 0 aliphatic rings. The summed E-state index contributed by atoms with van der Waals surface area (Å²) in [6.07, 6.45) is 3.51. The van der Waals surface area contributed by atoms with Crippen molar-refractivity contribution in [3.63, 3.8) is 0 Å². The van der Waals surface area contributed by atoms with Gasteiger partial charge in [0.15, 0.2) is 0 Å². The number of aromatic nitrogens is 4. The number of nitro groups is 1. The van der Waals surface area contributed by atoms with Crippen LogP contribution in [0.3, 0.4) is 0 Å². The first-order chi connectivity index (χ1) is 10.2. The van der Waals surface area contributed by atoms with Gasteiger partial charge in [-0.25, -0.2) is 4.68 Å². The first kappa shape index (κ1) is 12.9. The molecule has 0 unspecified atom stereocenters. The van der Waals surface area contributed by atoms with E-state index in [-0.39, 0.29) is 5.69 Å². The summed E-state index contributed by atoms with van der Waals surface area (Å²) in [5, 5.41) is 18.7. The maximum Gasteiger partial charge on any atom is 0.269 e. The maximum absolute atomic E-state index is 10.6. The number of hydrogen-bond acceptors (Lipinski definition) is 5. The van der Waals surface area contributed by atoms with Gasteiger partial charge in [-0.2, -0.15) is 0 Å². The van der Waals surface area contributed by atoms with Gasteiger partial charge in [0, 0.05) is 23.9 Å². The predicted molar refractivity (Wildman–Crippen MR) is 75.5 cm³/mol. The molecule has 0 saturated carbocycles. The molecule has 0 radical (unpaired) electrons. The van der Waals surface area contributed by atoms with Crippen molar-refractivity contribution in [1.82, 2.24) is 20.0 Å². The number of nitro benzene ring substituents is 1. The molecule has 7 nitrogen and oxygen atoms in total. The second-order valence-electron chi connectivity index (χ2n) is 4.43. The molecular formula is C14H11N5O2. The molecule has 3 aromatic rings. The van der Waals surface area contributed by atoms with E-state index in [1.165, 1.54) is 12.1 Å². The smallest absolute Gasteiger partial charge is 0.259 e. The van der Waals surface area contributed by atoms with Crippen LogP contribution in [0, 0.1) is 10.1 Å². The van der Waals surface area contributed by atoms with E-state index in [1.54, 1.807) is 29.2 Å². The highest BCUT2D eigenvalue weighted by Gasteiger charge is 2.08. The summed E-state index contributed by atoms with van der Waals surface area (Å²) in [5.74, 6) is 0. The van der Waals surface area contributed by atoms with E-state index in [2.05, 4.69) is 15.3 Å². The summed E-state index contributed by atoms with van der Waals surface area (Å²) in [7, 11) is 0. The topological polar surface area (TPSA) is 86.7 Å². The van der Waals surface area contributed by atoms with Gasteiger partial charge in [-0.3, -0.25) is 15.1 Å². The number of rotatable bonds is 4. The average molecular weight is 281 g/mol. The van der Waals surface area contributed by atoms with Crippen molar-refractivity contribution in [3.05, 3.63) is 70.7 Å². The zero-order chi connectivity index (χ0) is 14.7. The highest BCUT2D eigenvalue weighted by molar-refractivity contribution is 5.59. The van der Waals surface area contributed by atoms with Gasteiger partial charge >= 0.3 is 0 Å². The lowest BCUT2D eigenvalue weighted by Gasteiger charge is -1.98. The highest BCUT2D eigenvalue weighted by atomic mass is 16.6. The molecular weight excluding hydrogens is 270 g/mol. The lowest BCUT2D eigenvalue weighted by Crippen LogP contribution is -2.01. The molecule has 0 spiro atoms. The summed E-state index contributed by atoms with van der Waals surface area (Å²) in [6, 6.07) is 11.9. The molecule has 2 aromatic heterocycles. The molecule has 7 heteroatoms. The van der Waals surface area contributed by atoms with E-state index in [1.807, 2.05) is 18.2 Å². The monoisotopic (exact) mass is 281 g/mol. The van der Waals surface area contributed by atoms with Crippen LogP contribution in [0.15, 0.2) is 54.9 Å². The number of non-ortho nitro benzene ring substituents is 1. The van der Waals surface area contributed by atoms with Crippen LogP contribution in [-0.2, 0) is 6.54 Å². The molecule has 21 heavy (non-hydrogen) atoms. The van der Waals surface area contributed by atoms with Crippen LogP contribution in [0.2, 0.25) is 0 Å². The second kappa shape index (κ2) is 5.49. The van der Waals surface area contributed by atoms with Crippen LogP contribution >= 0.6 is 0 Å². The Labute approximate surface area is 120 Å². The first-order valence-corrected chi connectivity index (χ1v) is 6.27. The largest absolute Gasteiger partial charge is 0.269 e. The Morgan fingerprint density at radius 2 is 1.95 bits per heavy atom. The molecule has 0 amide bonds. The molecule has 0 N–H and O–H groups in total. The molecule has 0 atom stereocenters. The van der Waals surface area contributed by atoms with Gasteiger partial charge in [-0.1, -0.05) is 11.3 Å². The third-order valence-electron chi connectivity index (χ3n) is 2.96. The van der Waals surface area contributed by atoms with Crippen LogP contribution in [0.25, 0.3) is 11.3 Å². The van der Waals surface area contributed by atoms with Gasteiger partial charge in [-0.05, 0) is 24.3 Å². The standard InChI is InChI=1S/C14H11N5O2/c20-19(21)13-6-4-11(5-7-13)14-10-18(17-16-14)9-12-3-1-2-8-15-12/h1-8,10H,9H2. The van der Waals surface area contributed by atoms with E-state index in [9.17, 15) is 10.1 Å². The van der Waals surface area contributed by atoms with Crippen molar-refractivity contribution in [2.75, 3.05) is 0 Å². The molecule has 2 heterocycles. The first-order valence-electron chi connectivity index (χ1n) is 6.27. The molecule has 3 rings (SSSR count). The number of pyridine rings is 1. The highest BCUT2D eigenvalue weighted by Crippen LogP contribution is 2.20. The summed E-state index contributed by atoms with van der Waals surface area (Å²) in [5.41, 5.74) is 2.39. The van der Waals surface area contributed by atoms with Crippen molar-refractivity contribution in [3.8, 4) is 11.3 Å². The lowest BCUT2D eigenvalue weighted by molar-refractivity contribution is -0.384. The summed E-state index contributed by atoms with van der Waals surface area (Å²) in [4.78, 5) is 14.4. The molecule has 0 bridgehead atoms. The molecule has 0 aliphatic heterocycles. The zero-order valence-corrected chi connectivity index (χ0v) is 11.0. The van der Waals surface area contributed by atoms with Crippen LogP contribution in [0.4, 0.5) is 5.69 Å². The summed E-state index contributed by atoms with van der Waals surface area (Å²) < 4.78 is 1.68. The van der Waals surface area contributed by atoms with Crippen molar-refractivity contribution in [1.29, 1.82) is 0 Å². The molecule has 1 aromatic carbocycles. The summed E-state index contributed by atoms with van der Waals surface area (Å²) >= 11 is 0. The van der Waals surface area contributed by atoms with Gasteiger partial charge in [0.1, 0.15) is 5.69 Å². The van der Waals surface area contributed by atoms with Crippen molar-refractivity contribution >= 4 is 5.69 Å². The van der Waals surface area contributed by atoms with Gasteiger partial charge in [0.05, 0.1) is 23.4 Å². The Kier molecular flexibility index (Phi) is 3.38. The fourth-order valence-corrected chi connectivity index (χ4v) is 1.92. The maximum atomic E-state index is 10.6. The Morgan fingerprint density at radius 1 is 1.14 bits per heavy atom. The van der Waals surface area contributed by atoms with Crippen molar-refractivity contribution in [2.45, 2.75) is 6.54 Å². The van der Waals surface area contributed by atoms with Gasteiger partial charge in [0.25, 0.3) is 5.69 Å². The van der Waals surface area contributed by atoms with Gasteiger partial charge in [-0.15, -0.1) is 5.10 Å². The third-order valence-corrected chi connectivity index (χ3v) is 2.96. The second-order valence-corrected chi connectivity index (χ2v) is 4.43. The number of nitrogens with zero attached hydrogens (tertiary/aromatic N) is 5. The minimum atomic E-state index is -0.429. The van der Waals surface area contributed by atoms with E-state index >= 15 is 0 Å². The molecule has 0 fully saturated rings. The fraction of sp³-hybridized carbons (Fsp3) is 0.0714. The fourth-order valence-electron chi connectivity index (χ4n) is 1.92. The van der Waals surface area contributed by atoms with Gasteiger partial charge < -0.3 is 0 Å². The Hall–Kier alpha value is -3.09. The van der Waals surface area contributed by atoms with Crippen molar-refractivity contribution < 1.29 is 4.92 Å². The average Bonchev–Trinajstić information content (AvgIpc) is 2.97. The zero-order valence-electron chi connectivity index (χ0n) is 11.0. The minimum Gasteiger partial charge on any atom is -0.259 e. The Morgan fingerprint density at radius 3 is 2.62 bits per heavy atom. The number of benzene rings is 1. The normalized spacial score (nSPS) is 10.5. The van der Waals surface area contributed by atoms with Crippen LogP contribution in [0.1, 0.15) is 5.69 Å². The quantitative estimate of drug-likeness (QED) is 0.541. The predicted octanol–water partition coefficient (Wildman–Crippen LogP) is 2.30. The number of hydrogen-bond donors (Lipinski definition) is 0. The molecule has 104 valence electrons. The van der Waals surface area contributed by atoms with Crippen LogP contribution in [-0.4, -0.2) is 24.9 Å². The third kappa shape index (κ3) is 2.92. The summed E-state index contributed by atoms with van der Waals surface area (Å²) in [6.45, 7) is 0.529. The lowest BCUT2D eigenvalue weighted by atomic mass is 10.1. The Balaban J connectivity index is 1.80. The molecule has 0 saturated heterocycles. The van der Waals surface area contributed by atoms with Crippen molar-refractivity contribution in [2.24, 2.45) is 0 Å². The van der Waals surface area contributed by atoms with Crippen LogP contribution < -0.4 is 0 Å². The SMILES string of the molecule is O=[N+]([O-])c1ccc(-c2cn(Cc3ccccn3)nn2)cc1. The minimum absolute atomic E-state index is 0.0552. The van der Waals surface area contributed by atoms with E-state index in [0.29, 0.717) is 12.2 Å². The van der Waals surface area contributed by atoms with Crippen LogP contribution in [0.5, 0.6) is 0 Å². The van der Waals surface area contributed by atoms with E-state index < -0.39 is 4.92 Å². The van der Waals surface area contributed by atoms with E-state index in [4.69, 9.17) is 0 Å². The Bertz CT molecular complexity index is 753. The molecule has 0 aliphatic carbocycles. The van der Waals surface area contributed by atoms with E-state index in [0.717, 1.165) is 11.3 Å².